The zero-order valence-corrected chi connectivity index (χ0v) is 8.44. The van der Waals surface area contributed by atoms with Crippen molar-refractivity contribution in [3.8, 4) is 5.75 Å². The second-order valence-corrected chi connectivity index (χ2v) is 3.61. The summed E-state index contributed by atoms with van der Waals surface area (Å²) >= 11 is 0. The van der Waals surface area contributed by atoms with E-state index in [1.807, 2.05) is 18.2 Å². The molecule has 0 saturated heterocycles. The van der Waals surface area contributed by atoms with Crippen molar-refractivity contribution >= 4 is 5.69 Å². The Bertz CT molecular complexity index is 314. The number of hydrogen-bond donors (Lipinski definition) is 1. The normalized spacial score (nSPS) is 20.1. The Morgan fingerprint density at radius 3 is 3.07 bits per heavy atom. The first-order valence-corrected chi connectivity index (χ1v) is 5.01. The van der Waals surface area contributed by atoms with Gasteiger partial charge < -0.3 is 15.4 Å². The Morgan fingerprint density at radius 2 is 2.29 bits per heavy atom. The predicted molar refractivity (Wildman–Crippen MR) is 57.8 cm³/mol. The van der Waals surface area contributed by atoms with E-state index < -0.39 is 0 Å². The Kier molecular flexibility index (Phi) is 2.59. The summed E-state index contributed by atoms with van der Waals surface area (Å²) in [6, 6.07) is 8.53. The molecule has 3 heteroatoms. The molecular weight excluding hydrogens is 176 g/mol. The molecule has 0 radical (unpaired) electrons. The Morgan fingerprint density at radius 1 is 1.50 bits per heavy atom. The Balaban J connectivity index is 2.31. The van der Waals surface area contributed by atoms with E-state index in [0.29, 0.717) is 12.6 Å². The molecule has 76 valence electrons. The molecule has 2 N–H and O–H groups in total. The summed E-state index contributed by atoms with van der Waals surface area (Å²) in [5.74, 6) is 0.971. The number of benzene rings is 1. The molecule has 0 amide bonds. The highest BCUT2D eigenvalue weighted by atomic mass is 16.5. The topological polar surface area (TPSA) is 38.5 Å². The summed E-state index contributed by atoms with van der Waals surface area (Å²) in [5.41, 5.74) is 6.76. The molecule has 1 unspecified atom stereocenters. The van der Waals surface area contributed by atoms with Crippen molar-refractivity contribution < 1.29 is 4.74 Å². The van der Waals surface area contributed by atoms with E-state index in [0.717, 1.165) is 24.6 Å². The molecule has 1 aliphatic rings. The molecule has 3 nitrogen and oxygen atoms in total. The van der Waals surface area contributed by atoms with Crippen molar-refractivity contribution in [1.82, 2.24) is 0 Å². The number of hydrogen-bond acceptors (Lipinski definition) is 3. The first-order chi connectivity index (χ1) is 6.83. The van der Waals surface area contributed by atoms with Gasteiger partial charge >= 0.3 is 0 Å². The van der Waals surface area contributed by atoms with Gasteiger partial charge in [-0.15, -0.1) is 0 Å². The fraction of sp³-hybridized carbons (Fsp3) is 0.455. The number of rotatable bonds is 2. The zero-order chi connectivity index (χ0) is 9.97. The van der Waals surface area contributed by atoms with Gasteiger partial charge in [-0.2, -0.15) is 0 Å². The van der Waals surface area contributed by atoms with Gasteiger partial charge in [-0.3, -0.25) is 0 Å². The van der Waals surface area contributed by atoms with Crippen LogP contribution >= 0.6 is 0 Å². The van der Waals surface area contributed by atoms with E-state index in [4.69, 9.17) is 10.5 Å². The fourth-order valence-corrected chi connectivity index (χ4v) is 1.83. The van der Waals surface area contributed by atoms with Crippen molar-refractivity contribution in [2.45, 2.75) is 13.0 Å². The van der Waals surface area contributed by atoms with Crippen molar-refractivity contribution in [2.24, 2.45) is 5.73 Å². The number of anilines is 1. The standard InChI is InChI=1S/C11H16N2O/c1-9-8-14-11-5-3-2-4-10(11)13(9)7-6-12/h2-5,9H,6-8,12H2,1H3. The second-order valence-electron chi connectivity index (χ2n) is 3.61. The maximum atomic E-state index is 5.63. The largest absolute Gasteiger partial charge is 0.489 e. The van der Waals surface area contributed by atoms with Gasteiger partial charge in [-0.25, -0.2) is 0 Å². The maximum absolute atomic E-state index is 5.63. The van der Waals surface area contributed by atoms with Crippen LogP contribution in [0.5, 0.6) is 5.75 Å². The number of ether oxygens (including phenoxy) is 1. The number of nitrogens with zero attached hydrogens (tertiary/aromatic N) is 1. The van der Waals surface area contributed by atoms with Gasteiger partial charge in [0.05, 0.1) is 11.7 Å². The minimum atomic E-state index is 0.411. The Labute approximate surface area is 84.5 Å². The van der Waals surface area contributed by atoms with E-state index >= 15 is 0 Å². The minimum absolute atomic E-state index is 0.411. The van der Waals surface area contributed by atoms with Crippen LogP contribution in [0.2, 0.25) is 0 Å². The SMILES string of the molecule is CC1COc2ccccc2N1CCN. The van der Waals surface area contributed by atoms with Crippen LogP contribution in [0.25, 0.3) is 0 Å². The van der Waals surface area contributed by atoms with Crippen LogP contribution in [-0.4, -0.2) is 25.7 Å². The van der Waals surface area contributed by atoms with Crippen molar-refractivity contribution in [3.63, 3.8) is 0 Å². The van der Waals surface area contributed by atoms with Crippen LogP contribution in [0.15, 0.2) is 24.3 Å². The molecule has 1 heterocycles. The highest BCUT2D eigenvalue weighted by Crippen LogP contribution is 2.32. The third-order valence-corrected chi connectivity index (χ3v) is 2.56. The molecular formula is C11H16N2O. The summed E-state index contributed by atoms with van der Waals surface area (Å²) in [5, 5.41) is 0. The third-order valence-electron chi connectivity index (χ3n) is 2.56. The summed E-state index contributed by atoms with van der Waals surface area (Å²) in [4.78, 5) is 2.30. The van der Waals surface area contributed by atoms with E-state index in [9.17, 15) is 0 Å². The summed E-state index contributed by atoms with van der Waals surface area (Å²) < 4.78 is 5.63. The number of para-hydroxylation sites is 2. The molecule has 1 aromatic rings. The lowest BCUT2D eigenvalue weighted by Gasteiger charge is -2.36. The van der Waals surface area contributed by atoms with Gasteiger partial charge in [0.1, 0.15) is 12.4 Å². The molecule has 0 fully saturated rings. The first kappa shape index (κ1) is 9.34. The van der Waals surface area contributed by atoms with Crippen LogP contribution in [0.3, 0.4) is 0 Å². The molecule has 0 bridgehead atoms. The van der Waals surface area contributed by atoms with E-state index in [1.165, 1.54) is 0 Å². The van der Waals surface area contributed by atoms with Crippen molar-refractivity contribution in [2.75, 3.05) is 24.6 Å². The van der Waals surface area contributed by atoms with Crippen LogP contribution in [-0.2, 0) is 0 Å². The molecule has 0 aromatic heterocycles. The highest BCUT2D eigenvalue weighted by Gasteiger charge is 2.22. The highest BCUT2D eigenvalue weighted by molar-refractivity contribution is 5.60. The molecule has 1 aromatic carbocycles. The fourth-order valence-electron chi connectivity index (χ4n) is 1.83. The maximum Gasteiger partial charge on any atom is 0.142 e. The van der Waals surface area contributed by atoms with Gasteiger partial charge in [0.2, 0.25) is 0 Å². The van der Waals surface area contributed by atoms with Crippen LogP contribution in [0, 0.1) is 0 Å². The van der Waals surface area contributed by atoms with Gasteiger partial charge in [0.25, 0.3) is 0 Å². The van der Waals surface area contributed by atoms with Crippen LogP contribution in [0.4, 0.5) is 5.69 Å². The quantitative estimate of drug-likeness (QED) is 0.766. The van der Waals surface area contributed by atoms with Crippen LogP contribution in [0.1, 0.15) is 6.92 Å². The van der Waals surface area contributed by atoms with Crippen molar-refractivity contribution in [3.05, 3.63) is 24.3 Å². The first-order valence-electron chi connectivity index (χ1n) is 5.01. The van der Waals surface area contributed by atoms with Gasteiger partial charge in [-0.05, 0) is 19.1 Å². The monoisotopic (exact) mass is 192 g/mol. The molecule has 0 saturated carbocycles. The molecule has 0 aliphatic carbocycles. The summed E-state index contributed by atoms with van der Waals surface area (Å²) in [6.45, 7) is 4.48. The zero-order valence-electron chi connectivity index (χ0n) is 8.44. The number of nitrogens with two attached hydrogens (primary N) is 1. The lowest BCUT2D eigenvalue weighted by atomic mass is 10.1. The average molecular weight is 192 g/mol. The molecule has 0 spiro atoms. The third kappa shape index (κ3) is 1.55. The molecule has 2 rings (SSSR count). The molecule has 1 atom stereocenters. The molecule has 1 aliphatic heterocycles. The predicted octanol–water partition coefficient (Wildman–Crippen LogP) is 1.23. The van der Waals surface area contributed by atoms with E-state index in [-0.39, 0.29) is 0 Å². The summed E-state index contributed by atoms with van der Waals surface area (Å²) in [7, 11) is 0. The number of fused-ring (bicyclic) bond motifs is 1. The van der Waals surface area contributed by atoms with Crippen molar-refractivity contribution in [1.29, 1.82) is 0 Å². The van der Waals surface area contributed by atoms with Gasteiger partial charge in [0.15, 0.2) is 0 Å². The van der Waals surface area contributed by atoms with Crippen LogP contribution < -0.4 is 15.4 Å². The minimum Gasteiger partial charge on any atom is -0.489 e. The smallest absolute Gasteiger partial charge is 0.142 e. The van der Waals surface area contributed by atoms with Gasteiger partial charge in [-0.1, -0.05) is 12.1 Å². The Hall–Kier alpha value is -1.22. The van der Waals surface area contributed by atoms with E-state index in [1.54, 1.807) is 0 Å². The lowest BCUT2D eigenvalue weighted by Crippen LogP contribution is -2.43. The second kappa shape index (κ2) is 3.88. The summed E-state index contributed by atoms with van der Waals surface area (Å²) in [6.07, 6.45) is 0. The van der Waals surface area contributed by atoms with Gasteiger partial charge in [0, 0.05) is 13.1 Å². The van der Waals surface area contributed by atoms with E-state index in [2.05, 4.69) is 17.9 Å². The lowest BCUT2D eigenvalue weighted by molar-refractivity contribution is 0.270. The average Bonchev–Trinajstić information content (AvgIpc) is 2.23. The molecule has 14 heavy (non-hydrogen) atoms.